The first-order valence-corrected chi connectivity index (χ1v) is 15.7. The van der Waals surface area contributed by atoms with Crippen LogP contribution in [-0.2, 0) is 4.79 Å². The van der Waals surface area contributed by atoms with E-state index >= 15 is 0 Å². The van der Waals surface area contributed by atoms with Crippen LogP contribution in [0.3, 0.4) is 0 Å². The number of hydrogen-bond acceptors (Lipinski definition) is 4. The van der Waals surface area contributed by atoms with E-state index in [0.29, 0.717) is 12.0 Å². The van der Waals surface area contributed by atoms with Crippen molar-refractivity contribution >= 4 is 17.0 Å². The Morgan fingerprint density at radius 3 is 2.37 bits per heavy atom. The molecular formula is C32H48N4O2. The summed E-state index contributed by atoms with van der Waals surface area (Å²) in [5.41, 5.74) is 2.43. The molecule has 38 heavy (non-hydrogen) atoms. The van der Waals surface area contributed by atoms with Gasteiger partial charge in [0.25, 0.3) is 0 Å². The maximum Gasteiger partial charge on any atom is 0.317 e. The molecule has 6 rings (SSSR count). The zero-order chi connectivity index (χ0) is 26.1. The molecule has 2 aliphatic heterocycles. The van der Waals surface area contributed by atoms with Crippen LogP contribution in [0, 0.1) is 11.8 Å². The monoisotopic (exact) mass is 520 g/mol. The highest BCUT2D eigenvalue weighted by molar-refractivity contribution is 5.76. The average Bonchev–Trinajstić information content (AvgIpc) is 3.21. The van der Waals surface area contributed by atoms with Gasteiger partial charge in [0.05, 0.1) is 17.6 Å². The summed E-state index contributed by atoms with van der Waals surface area (Å²) in [7, 11) is 0. The number of benzene rings is 1. The molecule has 7 atom stereocenters. The predicted molar refractivity (Wildman–Crippen MR) is 153 cm³/mol. The second-order valence-electron chi connectivity index (χ2n) is 13.1. The van der Waals surface area contributed by atoms with Crippen molar-refractivity contribution in [3.63, 3.8) is 0 Å². The minimum Gasteiger partial charge on any atom is -0.480 e. The summed E-state index contributed by atoms with van der Waals surface area (Å²) in [6.45, 7) is 3.09. The minimum atomic E-state index is -0.788. The fourth-order valence-electron chi connectivity index (χ4n) is 8.96. The van der Waals surface area contributed by atoms with E-state index in [1.165, 1.54) is 88.4 Å². The number of carboxylic acids is 1. The fraction of sp³-hybridized carbons (Fsp3) is 0.750. The normalized spacial score (nSPS) is 32.7. The maximum absolute atomic E-state index is 10.8. The Morgan fingerprint density at radius 1 is 0.947 bits per heavy atom. The van der Waals surface area contributed by atoms with E-state index in [1.807, 2.05) is 0 Å². The molecule has 6 heteroatoms. The van der Waals surface area contributed by atoms with Crippen molar-refractivity contribution < 1.29 is 9.90 Å². The molecule has 0 radical (unpaired) electrons. The van der Waals surface area contributed by atoms with Crippen molar-refractivity contribution in [1.29, 1.82) is 0 Å². The van der Waals surface area contributed by atoms with E-state index in [0.717, 1.165) is 54.9 Å². The summed E-state index contributed by atoms with van der Waals surface area (Å²) in [4.78, 5) is 19.1. The number of imidazole rings is 1. The van der Waals surface area contributed by atoms with Crippen LogP contribution in [0.2, 0.25) is 0 Å². The number of aromatic nitrogens is 2. The molecule has 1 aromatic heterocycles. The number of para-hydroxylation sites is 2. The Morgan fingerprint density at radius 2 is 1.66 bits per heavy atom. The van der Waals surface area contributed by atoms with Gasteiger partial charge in [0.2, 0.25) is 0 Å². The highest BCUT2D eigenvalue weighted by atomic mass is 16.4. The Balaban J connectivity index is 1.21. The largest absolute Gasteiger partial charge is 0.480 e. The van der Waals surface area contributed by atoms with Gasteiger partial charge in [0.15, 0.2) is 0 Å². The van der Waals surface area contributed by atoms with Gasteiger partial charge in [-0.2, -0.15) is 0 Å². The van der Waals surface area contributed by atoms with Gasteiger partial charge >= 0.3 is 5.97 Å². The van der Waals surface area contributed by atoms with Crippen LogP contribution in [0.25, 0.3) is 11.0 Å². The van der Waals surface area contributed by atoms with Crippen LogP contribution in [0.4, 0.5) is 0 Å². The third-order valence-corrected chi connectivity index (χ3v) is 10.5. The summed E-state index contributed by atoms with van der Waals surface area (Å²) >= 11 is 0. The smallest absolute Gasteiger partial charge is 0.317 e. The summed E-state index contributed by atoms with van der Waals surface area (Å²) in [6.07, 6.45) is 19.0. The number of hydrogen-bond donors (Lipinski definition) is 2. The maximum atomic E-state index is 10.8. The van der Waals surface area contributed by atoms with Crippen molar-refractivity contribution in [3.05, 3.63) is 30.1 Å². The number of carboxylic acid groups (broad SMARTS) is 1. The highest BCUT2D eigenvalue weighted by Crippen LogP contribution is 2.47. The van der Waals surface area contributed by atoms with E-state index in [-0.39, 0.29) is 6.54 Å². The lowest BCUT2D eigenvalue weighted by Gasteiger charge is -2.54. The number of carbonyl (C=O) groups is 1. The van der Waals surface area contributed by atoms with Gasteiger partial charge in [-0.05, 0) is 88.3 Å². The minimum absolute atomic E-state index is 0.0384. The molecule has 0 amide bonds. The number of piperidine rings is 2. The third kappa shape index (κ3) is 5.54. The third-order valence-electron chi connectivity index (χ3n) is 10.5. The molecule has 2 aliphatic carbocycles. The zero-order valence-corrected chi connectivity index (χ0v) is 23.4. The van der Waals surface area contributed by atoms with E-state index < -0.39 is 5.97 Å². The van der Waals surface area contributed by atoms with Crippen LogP contribution in [-0.4, -0.2) is 56.7 Å². The average molecular weight is 521 g/mol. The molecule has 6 nitrogen and oxygen atoms in total. The van der Waals surface area contributed by atoms with Gasteiger partial charge in [-0.3, -0.25) is 9.69 Å². The number of nitrogens with zero attached hydrogens (tertiary/aromatic N) is 3. The lowest BCUT2D eigenvalue weighted by Crippen LogP contribution is -2.58. The van der Waals surface area contributed by atoms with Gasteiger partial charge in [0.1, 0.15) is 5.82 Å². The molecule has 3 heterocycles. The fourth-order valence-corrected chi connectivity index (χ4v) is 8.96. The predicted octanol–water partition coefficient (Wildman–Crippen LogP) is 6.51. The number of aliphatic carboxylic acids is 1. The Kier molecular flexibility index (Phi) is 8.08. The topological polar surface area (TPSA) is 70.4 Å². The number of fused-ring (bicyclic) bond motifs is 5. The van der Waals surface area contributed by atoms with Crippen LogP contribution in [0.15, 0.2) is 24.3 Å². The van der Waals surface area contributed by atoms with Crippen LogP contribution < -0.4 is 5.32 Å². The molecule has 2 saturated heterocycles. The highest BCUT2D eigenvalue weighted by Gasteiger charge is 2.45. The van der Waals surface area contributed by atoms with E-state index in [1.54, 1.807) is 0 Å². The molecule has 1 aromatic carbocycles. The van der Waals surface area contributed by atoms with Gasteiger partial charge in [-0.1, -0.05) is 51.2 Å². The molecule has 2 aromatic rings. The molecule has 4 fully saturated rings. The van der Waals surface area contributed by atoms with Crippen molar-refractivity contribution in [2.75, 3.05) is 13.1 Å². The molecule has 2 saturated carbocycles. The molecule has 2 N–H and O–H groups in total. The van der Waals surface area contributed by atoms with Crippen LogP contribution >= 0.6 is 0 Å². The Hall–Kier alpha value is -1.92. The molecule has 4 aliphatic rings. The molecule has 4 bridgehead atoms. The van der Waals surface area contributed by atoms with E-state index in [9.17, 15) is 4.79 Å². The van der Waals surface area contributed by atoms with Gasteiger partial charge in [-0.25, -0.2) is 4.98 Å². The SMILES string of the molecule is C[C@H](CCCNCC(=O)O)c1nc2ccccc2n1[C@H]1C[C@H]2CCC[C@@H](C1)N2[C@@H]1C[C@@H]2CCCC[C@@H](C2)C1. The number of rotatable bonds is 9. The van der Waals surface area contributed by atoms with Gasteiger partial charge < -0.3 is 15.0 Å². The van der Waals surface area contributed by atoms with Crippen molar-refractivity contribution in [3.8, 4) is 0 Å². The molecule has 0 spiro atoms. The van der Waals surface area contributed by atoms with Crippen molar-refractivity contribution in [1.82, 2.24) is 19.8 Å². The Labute approximate surface area is 228 Å². The van der Waals surface area contributed by atoms with Gasteiger partial charge in [-0.15, -0.1) is 0 Å². The first-order valence-electron chi connectivity index (χ1n) is 15.7. The summed E-state index contributed by atoms with van der Waals surface area (Å²) in [5, 5.41) is 12.0. The van der Waals surface area contributed by atoms with E-state index in [2.05, 4.69) is 46.0 Å². The standard InChI is InChI=1S/C32H48N4O2/c1-22(8-7-15-33-21-31(37)38)32-34-29-13-4-5-14-30(29)36(32)28-19-25-11-6-12-26(20-28)35(25)27-17-23-9-2-3-10-24(16-23)18-27/h4-5,13-14,22-28,33H,2-3,6-12,15-21H2,1H3,(H,37,38)/t22-,23-,24+,25-,26+,27-,28+/m1/s1. The lowest BCUT2D eigenvalue weighted by molar-refractivity contribution is -0.135. The second-order valence-corrected chi connectivity index (χ2v) is 13.1. The zero-order valence-electron chi connectivity index (χ0n) is 23.4. The first kappa shape index (κ1) is 26.3. The molecule has 208 valence electrons. The summed E-state index contributed by atoms with van der Waals surface area (Å²) < 4.78 is 2.65. The lowest BCUT2D eigenvalue weighted by atomic mass is 9.73. The summed E-state index contributed by atoms with van der Waals surface area (Å²) in [6, 6.07) is 11.5. The Bertz CT molecular complexity index is 1070. The molecule has 0 unspecified atom stereocenters. The van der Waals surface area contributed by atoms with Crippen LogP contribution in [0.1, 0.15) is 115 Å². The van der Waals surface area contributed by atoms with Crippen molar-refractivity contribution in [2.24, 2.45) is 11.8 Å². The first-order chi connectivity index (χ1) is 18.6. The number of nitrogens with one attached hydrogen (secondary N) is 1. The van der Waals surface area contributed by atoms with Crippen LogP contribution in [0.5, 0.6) is 0 Å². The van der Waals surface area contributed by atoms with Crippen molar-refractivity contribution in [2.45, 2.75) is 127 Å². The summed E-state index contributed by atoms with van der Waals surface area (Å²) in [5.74, 6) is 2.77. The quantitative estimate of drug-likeness (QED) is 0.369. The van der Waals surface area contributed by atoms with Gasteiger partial charge in [0, 0.05) is 30.1 Å². The molecular weight excluding hydrogens is 472 g/mol. The second kappa shape index (κ2) is 11.7. The van der Waals surface area contributed by atoms with E-state index in [4.69, 9.17) is 10.1 Å².